The van der Waals surface area contributed by atoms with Crippen molar-refractivity contribution in [3.05, 3.63) is 65.7 Å². The molecule has 4 rings (SSSR count). The van der Waals surface area contributed by atoms with Crippen LogP contribution in [0.15, 0.2) is 54.6 Å². The SMILES string of the molecule is C[S][Sr][c]1cccc(NC(=O)c2c(N3CCCC(F)(F)CC3)nnc(-c3ccccc3)c2C)c1. The Morgan fingerprint density at radius 3 is 2.65 bits per heavy atom. The summed E-state index contributed by atoms with van der Waals surface area (Å²) < 4.78 is 31.3. The molecule has 0 bridgehead atoms. The van der Waals surface area contributed by atoms with Crippen molar-refractivity contribution in [2.45, 2.75) is 32.1 Å². The third kappa shape index (κ3) is 6.18. The molecule has 1 aliphatic heterocycles. The molecule has 0 saturated carbocycles. The standard InChI is InChI=1S/C24H23F2N4O.CH4S.Sr/c1-17-20(23(31)27-19-11-6-3-7-12-19)22(30-15-8-13-24(25,26)14-16-30)29-28-21(17)18-9-4-2-5-10-18;1-2;/h2-6,9-12H,8,13-16H2,1H3,(H,27,31);2H,1H3;/q;;+1/p-1. The van der Waals surface area contributed by atoms with Crippen LogP contribution in [0.25, 0.3) is 11.3 Å². The number of benzene rings is 2. The predicted octanol–water partition coefficient (Wildman–Crippen LogP) is 4.94. The summed E-state index contributed by atoms with van der Waals surface area (Å²) in [6.07, 6.45) is 2.03. The van der Waals surface area contributed by atoms with Crippen molar-refractivity contribution in [3.63, 3.8) is 0 Å². The number of aromatic nitrogens is 2. The van der Waals surface area contributed by atoms with Gasteiger partial charge in [0, 0.05) is 0 Å². The minimum atomic E-state index is -2.70. The van der Waals surface area contributed by atoms with Gasteiger partial charge in [-0.05, 0) is 0 Å². The number of anilines is 2. The number of nitrogens with one attached hydrogen (secondary N) is 1. The topological polar surface area (TPSA) is 58.1 Å². The number of rotatable bonds is 6. The third-order valence-corrected chi connectivity index (χ3v) is 12.3. The second-order valence-electron chi connectivity index (χ2n) is 8.52. The fourth-order valence-electron chi connectivity index (χ4n) is 4.25. The van der Waals surface area contributed by atoms with Gasteiger partial charge in [0.1, 0.15) is 0 Å². The van der Waals surface area contributed by atoms with Gasteiger partial charge in [-0.3, -0.25) is 0 Å². The zero-order chi connectivity index (χ0) is 24.1. The fourth-order valence-corrected chi connectivity index (χ4v) is 9.42. The molecule has 3 aromatic rings. The van der Waals surface area contributed by atoms with E-state index in [4.69, 9.17) is 0 Å². The van der Waals surface area contributed by atoms with Gasteiger partial charge in [0.15, 0.2) is 0 Å². The molecule has 0 atom stereocenters. The quantitative estimate of drug-likeness (QED) is 0.437. The summed E-state index contributed by atoms with van der Waals surface area (Å²) in [7, 11) is 0. The molecule has 0 spiro atoms. The zero-order valence-corrected chi connectivity index (χ0v) is 23.6. The first kappa shape index (κ1) is 25.6. The van der Waals surface area contributed by atoms with Crippen LogP contribution in [0.3, 0.4) is 0 Å². The number of halogens is 2. The summed E-state index contributed by atoms with van der Waals surface area (Å²) in [5.74, 6) is -2.63. The van der Waals surface area contributed by atoms with Crippen LogP contribution in [0.4, 0.5) is 20.3 Å². The van der Waals surface area contributed by atoms with E-state index >= 15 is 0 Å². The summed E-state index contributed by atoms with van der Waals surface area (Å²) in [4.78, 5) is 15.4. The molecule has 0 aliphatic carbocycles. The molecule has 2 aromatic carbocycles. The first-order chi connectivity index (χ1) is 16.4. The van der Waals surface area contributed by atoms with E-state index in [1.165, 1.54) is 0.534 Å². The fraction of sp³-hybridized carbons (Fsp3) is 0.320. The molecule has 174 valence electrons. The average Bonchev–Trinajstić information content (AvgIpc) is 3.00. The zero-order valence-electron chi connectivity index (χ0n) is 19.4. The van der Waals surface area contributed by atoms with Crippen LogP contribution in [-0.4, -0.2) is 80.3 Å². The van der Waals surface area contributed by atoms with Crippen molar-refractivity contribution in [3.8, 4) is 11.3 Å². The monoisotopic (exact) mass is 556 g/mol. The van der Waals surface area contributed by atoms with E-state index in [9.17, 15) is 13.6 Å². The Kier molecular flexibility index (Phi) is 8.63. The van der Waals surface area contributed by atoms with E-state index in [0.717, 1.165) is 11.3 Å². The van der Waals surface area contributed by atoms with Crippen molar-refractivity contribution < 1.29 is 13.6 Å². The second-order valence-corrected chi connectivity index (χ2v) is 17.8. The molecule has 1 saturated heterocycles. The number of hydrogen-bond donors (Lipinski definition) is 1. The summed E-state index contributed by atoms with van der Waals surface area (Å²) in [5.41, 5.74) is 3.27. The Labute approximate surface area is 222 Å². The summed E-state index contributed by atoms with van der Waals surface area (Å²) in [6, 6.07) is 17.6. The molecule has 2 heterocycles. The van der Waals surface area contributed by atoms with Crippen LogP contribution < -0.4 is 10.8 Å². The molecule has 1 aliphatic rings. The van der Waals surface area contributed by atoms with Gasteiger partial charge >= 0.3 is 224 Å². The molecule has 1 fully saturated rings. The molecule has 0 unspecified atom stereocenters. The van der Waals surface area contributed by atoms with Crippen molar-refractivity contribution in [1.82, 2.24) is 10.2 Å². The van der Waals surface area contributed by atoms with Crippen LogP contribution in [0, 0.1) is 6.92 Å². The maximum absolute atomic E-state index is 14.0. The van der Waals surface area contributed by atoms with Crippen molar-refractivity contribution >= 4 is 61.7 Å². The molecule has 1 N–H and O–H groups in total. The van der Waals surface area contributed by atoms with Gasteiger partial charge in [-0.15, -0.1) is 0 Å². The molecule has 34 heavy (non-hydrogen) atoms. The van der Waals surface area contributed by atoms with Gasteiger partial charge in [-0.1, -0.05) is 0 Å². The number of carbonyl (C=O) groups excluding carboxylic acids is 1. The van der Waals surface area contributed by atoms with E-state index in [1.54, 1.807) is 4.90 Å². The average molecular weight is 556 g/mol. The summed E-state index contributed by atoms with van der Waals surface area (Å²) in [6.45, 7) is 2.39. The molecular formula is C25H26F2N4OSSr. The molecule has 1 amide bonds. The Balaban J connectivity index is 1.74. The third-order valence-electron chi connectivity index (χ3n) is 5.99. The Bertz CT molecular complexity index is 1160. The number of alkyl halides is 2. The first-order valence-electron chi connectivity index (χ1n) is 11.3. The molecular weight excluding hydrogens is 530 g/mol. The molecule has 0 radical (unpaired) electrons. The van der Waals surface area contributed by atoms with Crippen LogP contribution in [0.5, 0.6) is 0 Å². The molecule has 5 nitrogen and oxygen atoms in total. The first-order valence-corrected chi connectivity index (χ1v) is 18.7. The van der Waals surface area contributed by atoms with E-state index < -0.39 is 44.9 Å². The van der Waals surface area contributed by atoms with E-state index in [-0.39, 0.29) is 25.3 Å². The van der Waals surface area contributed by atoms with Gasteiger partial charge in [0.05, 0.1) is 0 Å². The molecule has 1 aromatic heterocycles. The van der Waals surface area contributed by atoms with Gasteiger partial charge in [0.2, 0.25) is 0 Å². The van der Waals surface area contributed by atoms with Crippen molar-refractivity contribution in [1.29, 1.82) is 0 Å². The molecule has 9 heteroatoms. The van der Waals surface area contributed by atoms with Crippen LogP contribution in [-0.2, 0) is 0 Å². The van der Waals surface area contributed by atoms with Gasteiger partial charge < -0.3 is 0 Å². The number of carbonyl (C=O) groups is 1. The summed E-state index contributed by atoms with van der Waals surface area (Å²) in [5, 5.41) is 11.9. The second kappa shape index (κ2) is 11.5. The number of amides is 1. The number of nitrogens with zero attached hydrogens (tertiary/aromatic N) is 3. The number of hydrogen-bond acceptors (Lipinski definition) is 5. The normalized spacial score (nSPS) is 15.4. The van der Waals surface area contributed by atoms with Crippen LogP contribution >= 0.6 is 4.75 Å². The van der Waals surface area contributed by atoms with E-state index in [1.807, 2.05) is 60.2 Å². The Hall–Kier alpha value is -1.52. The van der Waals surface area contributed by atoms with Crippen LogP contribution in [0.1, 0.15) is 35.2 Å². The minimum absolute atomic E-state index is 0.129. The van der Waals surface area contributed by atoms with Crippen LogP contribution in [0.2, 0.25) is 0 Å². The Morgan fingerprint density at radius 2 is 1.88 bits per heavy atom. The summed E-state index contributed by atoms with van der Waals surface area (Å²) >= 11 is -1.10. The maximum atomic E-state index is 14.0. The van der Waals surface area contributed by atoms with Gasteiger partial charge in [0.25, 0.3) is 0 Å². The van der Waals surface area contributed by atoms with E-state index in [2.05, 4.69) is 27.8 Å². The van der Waals surface area contributed by atoms with Crippen molar-refractivity contribution in [2.24, 2.45) is 0 Å². The Morgan fingerprint density at radius 1 is 1.09 bits per heavy atom. The van der Waals surface area contributed by atoms with E-state index in [0.29, 0.717) is 35.6 Å². The predicted molar refractivity (Wildman–Crippen MR) is 137 cm³/mol. The van der Waals surface area contributed by atoms with Gasteiger partial charge in [-0.2, -0.15) is 0 Å². The van der Waals surface area contributed by atoms with Gasteiger partial charge in [-0.25, -0.2) is 0 Å². The van der Waals surface area contributed by atoms with Crippen molar-refractivity contribution in [2.75, 3.05) is 29.6 Å².